The van der Waals surface area contributed by atoms with Gasteiger partial charge in [-0.05, 0) is 44.3 Å². The van der Waals surface area contributed by atoms with Crippen LogP contribution in [0.4, 0.5) is 0 Å². The van der Waals surface area contributed by atoms with Crippen LogP contribution in [0, 0.1) is 5.92 Å². The highest BCUT2D eigenvalue weighted by Gasteiger charge is 2.18. The van der Waals surface area contributed by atoms with Gasteiger partial charge < -0.3 is 5.73 Å². The van der Waals surface area contributed by atoms with Crippen LogP contribution in [-0.2, 0) is 0 Å². The molecule has 3 unspecified atom stereocenters. The lowest BCUT2D eigenvalue weighted by Crippen LogP contribution is -2.16. The van der Waals surface area contributed by atoms with Crippen LogP contribution in [0.5, 0.6) is 0 Å². The molecule has 0 spiro atoms. The molecule has 0 aromatic rings. The van der Waals surface area contributed by atoms with E-state index >= 15 is 0 Å². The lowest BCUT2D eigenvalue weighted by molar-refractivity contribution is 0.394. The third-order valence-electron chi connectivity index (χ3n) is 3.30. The molecule has 0 aromatic heterocycles. The number of nitrogens with two attached hydrogens (primary N) is 1. The van der Waals surface area contributed by atoms with Gasteiger partial charge in [0.2, 0.25) is 0 Å². The summed E-state index contributed by atoms with van der Waals surface area (Å²) in [4.78, 5) is 0. The van der Waals surface area contributed by atoms with Crippen LogP contribution in [-0.4, -0.2) is 17.0 Å². The highest BCUT2D eigenvalue weighted by Crippen LogP contribution is 2.32. The number of thioether (sulfide) groups is 1. The van der Waals surface area contributed by atoms with Gasteiger partial charge in [0.1, 0.15) is 0 Å². The standard InChI is InChI=1S/C13H27NS/c1-11-6-5-8-13(10-11)15-9-4-3-7-12(2)14/h11-13H,3-10,14H2,1-2H3. The first-order valence-electron chi connectivity index (χ1n) is 6.55. The highest BCUT2D eigenvalue weighted by atomic mass is 32.2. The van der Waals surface area contributed by atoms with Crippen molar-refractivity contribution >= 4 is 11.8 Å². The summed E-state index contributed by atoms with van der Waals surface area (Å²) in [6.07, 6.45) is 9.70. The molecule has 0 heterocycles. The summed E-state index contributed by atoms with van der Waals surface area (Å²) < 4.78 is 0. The lowest BCUT2D eigenvalue weighted by Gasteiger charge is -2.26. The number of rotatable bonds is 6. The molecule has 1 nitrogen and oxygen atoms in total. The Bertz CT molecular complexity index is 159. The lowest BCUT2D eigenvalue weighted by atomic mass is 9.91. The first-order chi connectivity index (χ1) is 7.18. The zero-order chi connectivity index (χ0) is 11.1. The molecule has 0 bridgehead atoms. The van der Waals surface area contributed by atoms with E-state index < -0.39 is 0 Å². The summed E-state index contributed by atoms with van der Waals surface area (Å²) >= 11 is 2.21. The van der Waals surface area contributed by atoms with E-state index in [2.05, 4.69) is 25.6 Å². The van der Waals surface area contributed by atoms with Crippen LogP contribution < -0.4 is 5.73 Å². The molecule has 2 heteroatoms. The minimum absolute atomic E-state index is 0.393. The molecule has 0 saturated heterocycles. The summed E-state index contributed by atoms with van der Waals surface area (Å²) in [7, 11) is 0. The topological polar surface area (TPSA) is 26.0 Å². The predicted molar refractivity (Wildman–Crippen MR) is 71.4 cm³/mol. The number of unbranched alkanes of at least 4 members (excludes halogenated alkanes) is 1. The van der Waals surface area contributed by atoms with E-state index in [0.717, 1.165) is 11.2 Å². The minimum atomic E-state index is 0.393. The molecule has 0 aromatic carbocycles. The van der Waals surface area contributed by atoms with Crippen molar-refractivity contribution in [1.29, 1.82) is 0 Å². The second kappa shape index (κ2) is 7.56. The molecule has 1 aliphatic carbocycles. The van der Waals surface area contributed by atoms with Gasteiger partial charge in [-0.25, -0.2) is 0 Å². The maximum Gasteiger partial charge on any atom is 0.00495 e. The maximum absolute atomic E-state index is 5.73. The fourth-order valence-electron chi connectivity index (χ4n) is 2.35. The normalized spacial score (nSPS) is 29.0. The summed E-state index contributed by atoms with van der Waals surface area (Å²) in [6, 6.07) is 0.393. The molecule has 1 aliphatic rings. The Morgan fingerprint density at radius 3 is 2.80 bits per heavy atom. The number of hydrogen-bond donors (Lipinski definition) is 1. The van der Waals surface area contributed by atoms with Crippen molar-refractivity contribution in [2.45, 2.75) is 70.1 Å². The number of hydrogen-bond acceptors (Lipinski definition) is 2. The van der Waals surface area contributed by atoms with Crippen molar-refractivity contribution in [2.24, 2.45) is 11.7 Å². The van der Waals surface area contributed by atoms with Crippen molar-refractivity contribution < 1.29 is 0 Å². The van der Waals surface area contributed by atoms with E-state index in [1.807, 2.05) is 0 Å². The monoisotopic (exact) mass is 229 g/mol. The van der Waals surface area contributed by atoms with E-state index in [9.17, 15) is 0 Å². The summed E-state index contributed by atoms with van der Waals surface area (Å²) in [6.45, 7) is 4.51. The van der Waals surface area contributed by atoms with E-state index in [1.165, 1.54) is 50.7 Å². The summed E-state index contributed by atoms with van der Waals surface area (Å²) in [5, 5.41) is 0.962. The molecule has 1 saturated carbocycles. The van der Waals surface area contributed by atoms with Crippen LogP contribution in [0.25, 0.3) is 0 Å². The van der Waals surface area contributed by atoms with Crippen LogP contribution in [0.15, 0.2) is 0 Å². The SMILES string of the molecule is CC(N)CCCCSC1CCCC(C)C1. The maximum atomic E-state index is 5.73. The molecule has 0 aliphatic heterocycles. The van der Waals surface area contributed by atoms with E-state index in [-0.39, 0.29) is 0 Å². The highest BCUT2D eigenvalue weighted by molar-refractivity contribution is 7.99. The van der Waals surface area contributed by atoms with Crippen molar-refractivity contribution in [2.75, 3.05) is 5.75 Å². The molecule has 0 amide bonds. The van der Waals surface area contributed by atoms with Gasteiger partial charge in [0.05, 0.1) is 0 Å². The van der Waals surface area contributed by atoms with E-state index in [0.29, 0.717) is 6.04 Å². The quantitative estimate of drug-likeness (QED) is 0.701. The minimum Gasteiger partial charge on any atom is -0.328 e. The van der Waals surface area contributed by atoms with E-state index in [1.54, 1.807) is 0 Å². The first kappa shape index (κ1) is 13.4. The zero-order valence-corrected chi connectivity index (χ0v) is 11.2. The van der Waals surface area contributed by atoms with Crippen molar-refractivity contribution in [3.05, 3.63) is 0 Å². The van der Waals surface area contributed by atoms with Gasteiger partial charge in [-0.1, -0.05) is 26.2 Å². The van der Waals surface area contributed by atoms with Crippen molar-refractivity contribution in [3.63, 3.8) is 0 Å². The molecule has 90 valence electrons. The van der Waals surface area contributed by atoms with Gasteiger partial charge in [-0.15, -0.1) is 0 Å². The van der Waals surface area contributed by atoms with Crippen molar-refractivity contribution in [3.8, 4) is 0 Å². The van der Waals surface area contributed by atoms with Gasteiger partial charge in [-0.3, -0.25) is 0 Å². The van der Waals surface area contributed by atoms with Crippen LogP contribution >= 0.6 is 11.8 Å². The van der Waals surface area contributed by atoms with Gasteiger partial charge in [0.25, 0.3) is 0 Å². The zero-order valence-electron chi connectivity index (χ0n) is 10.4. The van der Waals surface area contributed by atoms with Gasteiger partial charge in [-0.2, -0.15) is 11.8 Å². The Morgan fingerprint density at radius 1 is 1.33 bits per heavy atom. The third-order valence-corrected chi connectivity index (χ3v) is 4.72. The van der Waals surface area contributed by atoms with Gasteiger partial charge >= 0.3 is 0 Å². The average Bonchev–Trinajstić information content (AvgIpc) is 2.17. The molecule has 1 fully saturated rings. The Balaban J connectivity index is 1.95. The van der Waals surface area contributed by atoms with Crippen LogP contribution in [0.3, 0.4) is 0 Å². The molecule has 0 radical (unpaired) electrons. The fraction of sp³-hybridized carbons (Fsp3) is 1.00. The summed E-state index contributed by atoms with van der Waals surface area (Å²) in [5.41, 5.74) is 5.73. The Hall–Kier alpha value is 0.310. The molecule has 3 atom stereocenters. The molecular formula is C13H27NS. The summed E-state index contributed by atoms with van der Waals surface area (Å²) in [5.74, 6) is 2.32. The second-order valence-electron chi connectivity index (χ2n) is 5.24. The first-order valence-corrected chi connectivity index (χ1v) is 7.60. The van der Waals surface area contributed by atoms with Gasteiger partial charge in [0.15, 0.2) is 0 Å². The van der Waals surface area contributed by atoms with E-state index in [4.69, 9.17) is 5.73 Å². The molecular weight excluding hydrogens is 202 g/mol. The van der Waals surface area contributed by atoms with Crippen molar-refractivity contribution in [1.82, 2.24) is 0 Å². The Kier molecular flexibility index (Phi) is 6.74. The smallest absolute Gasteiger partial charge is 0.00495 e. The average molecular weight is 229 g/mol. The fourth-order valence-corrected chi connectivity index (χ4v) is 3.85. The molecule has 1 rings (SSSR count). The van der Waals surface area contributed by atoms with Crippen LogP contribution in [0.1, 0.15) is 58.8 Å². The molecule has 15 heavy (non-hydrogen) atoms. The molecule has 2 N–H and O–H groups in total. The third kappa shape index (κ3) is 6.47. The van der Waals surface area contributed by atoms with Gasteiger partial charge in [0, 0.05) is 11.3 Å². The largest absolute Gasteiger partial charge is 0.328 e. The Labute approximate surface area is 99.6 Å². The predicted octanol–water partition coefficient (Wildman–Crippen LogP) is 3.82. The second-order valence-corrected chi connectivity index (χ2v) is 6.65. The Morgan fingerprint density at radius 2 is 2.13 bits per heavy atom. The van der Waals surface area contributed by atoms with Crippen LogP contribution in [0.2, 0.25) is 0 Å².